The molecule has 5 heteroatoms. The summed E-state index contributed by atoms with van der Waals surface area (Å²) in [4.78, 5) is 0. The topological polar surface area (TPSA) is 82.8 Å². The summed E-state index contributed by atoms with van der Waals surface area (Å²) < 4.78 is 1.87. The zero-order valence-electron chi connectivity index (χ0n) is 6.85. The highest BCUT2D eigenvalue weighted by Gasteiger charge is 2.28. The maximum absolute atomic E-state index is 5.66. The molecule has 12 heavy (non-hydrogen) atoms. The molecule has 4 N–H and O–H groups in total. The fourth-order valence-electron chi connectivity index (χ4n) is 1.43. The van der Waals surface area contributed by atoms with Gasteiger partial charge in [-0.3, -0.25) is 0 Å². The van der Waals surface area contributed by atoms with Crippen molar-refractivity contribution in [1.29, 1.82) is 0 Å². The van der Waals surface area contributed by atoms with Crippen LogP contribution in [-0.4, -0.2) is 21.0 Å². The Morgan fingerprint density at radius 1 is 1.58 bits per heavy atom. The lowest BCUT2D eigenvalue weighted by atomic mass is 9.88. The lowest BCUT2D eigenvalue weighted by Crippen LogP contribution is -2.37. The Morgan fingerprint density at radius 2 is 2.33 bits per heavy atom. The van der Waals surface area contributed by atoms with Crippen molar-refractivity contribution >= 4 is 0 Å². The standard InChI is InChI=1S/C7H13N5/c8-3-6-4-12(11-10-6)7-1-5(9)2-7/h4-5,7H,1-3,8-9H2. The maximum atomic E-state index is 5.66. The fourth-order valence-corrected chi connectivity index (χ4v) is 1.43. The minimum Gasteiger partial charge on any atom is -0.328 e. The van der Waals surface area contributed by atoms with Gasteiger partial charge in [0.25, 0.3) is 0 Å². The predicted molar refractivity (Wildman–Crippen MR) is 44.2 cm³/mol. The van der Waals surface area contributed by atoms with E-state index in [9.17, 15) is 0 Å². The van der Waals surface area contributed by atoms with Crippen molar-refractivity contribution in [1.82, 2.24) is 15.0 Å². The summed E-state index contributed by atoms with van der Waals surface area (Å²) in [5.41, 5.74) is 11.9. The van der Waals surface area contributed by atoms with Crippen molar-refractivity contribution in [3.63, 3.8) is 0 Å². The van der Waals surface area contributed by atoms with E-state index < -0.39 is 0 Å². The van der Waals surface area contributed by atoms with E-state index in [0.717, 1.165) is 18.5 Å². The van der Waals surface area contributed by atoms with Crippen LogP contribution in [0.4, 0.5) is 0 Å². The third-order valence-corrected chi connectivity index (χ3v) is 2.29. The van der Waals surface area contributed by atoms with Crippen LogP contribution in [-0.2, 0) is 6.54 Å². The molecule has 0 amide bonds. The van der Waals surface area contributed by atoms with Crippen molar-refractivity contribution in [2.45, 2.75) is 31.5 Å². The van der Waals surface area contributed by atoms with Gasteiger partial charge in [0.15, 0.2) is 0 Å². The summed E-state index contributed by atoms with van der Waals surface area (Å²) in [6, 6.07) is 0.799. The van der Waals surface area contributed by atoms with Crippen LogP contribution in [0.2, 0.25) is 0 Å². The van der Waals surface area contributed by atoms with Gasteiger partial charge in [0.1, 0.15) is 0 Å². The van der Waals surface area contributed by atoms with Gasteiger partial charge < -0.3 is 11.5 Å². The molecule has 0 saturated heterocycles. The minimum absolute atomic E-state index is 0.348. The summed E-state index contributed by atoms with van der Waals surface area (Å²) in [7, 11) is 0. The Balaban J connectivity index is 2.04. The van der Waals surface area contributed by atoms with Crippen LogP contribution in [0.3, 0.4) is 0 Å². The Labute approximate surface area is 70.7 Å². The second-order valence-electron chi connectivity index (χ2n) is 3.28. The molecule has 1 aromatic rings. The fraction of sp³-hybridized carbons (Fsp3) is 0.714. The molecule has 1 fully saturated rings. The Bertz CT molecular complexity index is 263. The predicted octanol–water partition coefficient (Wildman–Crippen LogP) is -0.601. The zero-order valence-corrected chi connectivity index (χ0v) is 6.85. The largest absolute Gasteiger partial charge is 0.328 e. The molecule has 5 nitrogen and oxygen atoms in total. The van der Waals surface area contributed by atoms with Gasteiger partial charge in [-0.25, -0.2) is 4.68 Å². The van der Waals surface area contributed by atoms with Gasteiger partial charge in [-0.15, -0.1) is 5.10 Å². The number of rotatable bonds is 2. The van der Waals surface area contributed by atoms with Gasteiger partial charge in [-0.1, -0.05) is 5.21 Å². The molecule has 1 aliphatic rings. The summed E-state index contributed by atoms with van der Waals surface area (Å²) in [6.07, 6.45) is 3.91. The molecule has 1 aromatic heterocycles. The highest BCUT2D eigenvalue weighted by molar-refractivity contribution is 4.95. The number of hydrogen-bond acceptors (Lipinski definition) is 4. The molecule has 66 valence electrons. The minimum atomic E-state index is 0.348. The van der Waals surface area contributed by atoms with E-state index in [0.29, 0.717) is 18.6 Å². The van der Waals surface area contributed by atoms with Gasteiger partial charge in [0.05, 0.1) is 17.9 Å². The van der Waals surface area contributed by atoms with Crippen LogP contribution in [0.25, 0.3) is 0 Å². The SMILES string of the molecule is NCc1cn(C2CC(N)C2)nn1. The van der Waals surface area contributed by atoms with Crippen LogP contribution >= 0.6 is 0 Å². The lowest BCUT2D eigenvalue weighted by molar-refractivity contribution is 0.243. The summed E-state index contributed by atoms with van der Waals surface area (Å²) in [5.74, 6) is 0. The first-order chi connectivity index (χ1) is 5.79. The second kappa shape index (κ2) is 2.84. The zero-order chi connectivity index (χ0) is 8.55. The molecule has 0 radical (unpaired) electrons. The Hall–Kier alpha value is -0.940. The number of aromatic nitrogens is 3. The summed E-state index contributed by atoms with van der Waals surface area (Å²) in [5, 5.41) is 7.88. The quantitative estimate of drug-likeness (QED) is 0.616. The normalized spacial score (nSPS) is 28.5. The number of nitrogens with zero attached hydrogens (tertiary/aromatic N) is 3. The van der Waals surface area contributed by atoms with Crippen molar-refractivity contribution in [2.75, 3.05) is 0 Å². The Morgan fingerprint density at radius 3 is 2.83 bits per heavy atom. The van der Waals surface area contributed by atoms with E-state index in [1.165, 1.54) is 0 Å². The molecule has 0 spiro atoms. The van der Waals surface area contributed by atoms with E-state index in [1.807, 2.05) is 10.9 Å². The van der Waals surface area contributed by atoms with Crippen LogP contribution in [0, 0.1) is 0 Å². The molecular formula is C7H13N5. The summed E-state index contributed by atoms with van der Waals surface area (Å²) >= 11 is 0. The molecule has 0 atom stereocenters. The molecule has 2 rings (SSSR count). The third kappa shape index (κ3) is 1.21. The molecule has 1 heterocycles. The summed E-state index contributed by atoms with van der Waals surface area (Å²) in [6.45, 7) is 0.457. The highest BCUT2D eigenvalue weighted by atomic mass is 15.4. The van der Waals surface area contributed by atoms with Crippen molar-refractivity contribution in [3.05, 3.63) is 11.9 Å². The first-order valence-corrected chi connectivity index (χ1v) is 4.16. The van der Waals surface area contributed by atoms with Crippen molar-refractivity contribution in [2.24, 2.45) is 11.5 Å². The molecule has 0 aromatic carbocycles. The molecule has 0 bridgehead atoms. The van der Waals surface area contributed by atoms with Gasteiger partial charge in [0.2, 0.25) is 0 Å². The third-order valence-electron chi connectivity index (χ3n) is 2.29. The molecule has 0 aliphatic heterocycles. The molecule has 1 saturated carbocycles. The molecule has 1 aliphatic carbocycles. The lowest BCUT2D eigenvalue weighted by Gasteiger charge is -2.31. The average molecular weight is 167 g/mol. The first-order valence-electron chi connectivity index (χ1n) is 4.16. The van der Waals surface area contributed by atoms with Gasteiger partial charge >= 0.3 is 0 Å². The average Bonchev–Trinajstić information content (AvgIpc) is 2.46. The van der Waals surface area contributed by atoms with Crippen LogP contribution in [0.1, 0.15) is 24.6 Å². The number of nitrogens with two attached hydrogens (primary N) is 2. The first kappa shape index (κ1) is 7.70. The smallest absolute Gasteiger partial charge is 0.0962 e. The molecular weight excluding hydrogens is 154 g/mol. The van der Waals surface area contributed by atoms with Crippen LogP contribution in [0.15, 0.2) is 6.20 Å². The van der Waals surface area contributed by atoms with E-state index in [1.54, 1.807) is 0 Å². The number of hydrogen-bond donors (Lipinski definition) is 2. The van der Waals surface area contributed by atoms with E-state index in [2.05, 4.69) is 10.3 Å². The monoisotopic (exact) mass is 167 g/mol. The van der Waals surface area contributed by atoms with Gasteiger partial charge in [0, 0.05) is 12.6 Å². The Kier molecular flexibility index (Phi) is 1.82. The van der Waals surface area contributed by atoms with Gasteiger partial charge in [-0.05, 0) is 12.8 Å². The van der Waals surface area contributed by atoms with E-state index in [4.69, 9.17) is 11.5 Å². The van der Waals surface area contributed by atoms with E-state index in [-0.39, 0.29) is 0 Å². The maximum Gasteiger partial charge on any atom is 0.0962 e. The van der Waals surface area contributed by atoms with Crippen molar-refractivity contribution in [3.8, 4) is 0 Å². The molecule has 0 unspecified atom stereocenters. The second-order valence-corrected chi connectivity index (χ2v) is 3.28. The van der Waals surface area contributed by atoms with Crippen molar-refractivity contribution < 1.29 is 0 Å². The van der Waals surface area contributed by atoms with E-state index >= 15 is 0 Å². The van der Waals surface area contributed by atoms with Crippen LogP contribution < -0.4 is 11.5 Å². The van der Waals surface area contributed by atoms with Gasteiger partial charge in [-0.2, -0.15) is 0 Å². The van der Waals surface area contributed by atoms with Crippen LogP contribution in [0.5, 0.6) is 0 Å². The highest BCUT2D eigenvalue weighted by Crippen LogP contribution is 2.29.